The van der Waals surface area contributed by atoms with Crippen LogP contribution in [-0.4, -0.2) is 12.1 Å². The van der Waals surface area contributed by atoms with Crippen molar-refractivity contribution in [2.45, 2.75) is 45.1 Å². The molecule has 0 N–H and O–H groups in total. The molecule has 2 unspecified atom stereocenters. The van der Waals surface area contributed by atoms with Crippen LogP contribution in [0.25, 0.3) is 0 Å². The standard InChI is InChI=1S/C13H21NO/c1-4-7-12(8-5-2)10-13(9-6-3)14-11-15/h4,6,12-13H,1,3,5,7-10H2,2H3. The maximum Gasteiger partial charge on any atom is 0.235 e. The number of nitrogens with zero attached hydrogens (tertiary/aromatic N) is 1. The Labute approximate surface area is 92.8 Å². The highest BCUT2D eigenvalue weighted by molar-refractivity contribution is 5.33. The van der Waals surface area contributed by atoms with Gasteiger partial charge in [-0.2, -0.15) is 0 Å². The van der Waals surface area contributed by atoms with Crippen LogP contribution in [0.2, 0.25) is 0 Å². The van der Waals surface area contributed by atoms with Crippen LogP contribution in [0.1, 0.15) is 39.0 Å². The van der Waals surface area contributed by atoms with E-state index in [0.29, 0.717) is 5.92 Å². The van der Waals surface area contributed by atoms with E-state index in [-0.39, 0.29) is 6.04 Å². The van der Waals surface area contributed by atoms with Gasteiger partial charge < -0.3 is 0 Å². The lowest BCUT2D eigenvalue weighted by molar-refractivity contribution is 0.406. The summed E-state index contributed by atoms with van der Waals surface area (Å²) in [4.78, 5) is 14.0. The van der Waals surface area contributed by atoms with E-state index in [2.05, 4.69) is 25.1 Å². The normalized spacial score (nSPS) is 13.7. The van der Waals surface area contributed by atoms with Gasteiger partial charge in [-0.15, -0.1) is 13.2 Å². The molecule has 0 aromatic heterocycles. The third kappa shape index (κ3) is 6.87. The van der Waals surface area contributed by atoms with Gasteiger partial charge in [-0.1, -0.05) is 31.9 Å². The van der Waals surface area contributed by atoms with Crippen LogP contribution in [0.5, 0.6) is 0 Å². The maximum atomic E-state index is 10.2. The number of carbonyl (C=O) groups excluding carboxylic acids is 1. The summed E-state index contributed by atoms with van der Waals surface area (Å²) in [5.41, 5.74) is 0. The second kappa shape index (κ2) is 9.42. The van der Waals surface area contributed by atoms with Crippen molar-refractivity contribution in [1.82, 2.24) is 0 Å². The molecule has 0 rings (SSSR count). The summed E-state index contributed by atoms with van der Waals surface area (Å²) in [5, 5.41) is 0. The van der Waals surface area contributed by atoms with Crippen molar-refractivity contribution in [3.63, 3.8) is 0 Å². The Morgan fingerprint density at radius 2 is 2.00 bits per heavy atom. The zero-order valence-electron chi connectivity index (χ0n) is 9.61. The summed E-state index contributed by atoms with van der Waals surface area (Å²) in [7, 11) is 0. The van der Waals surface area contributed by atoms with E-state index < -0.39 is 0 Å². The first-order valence-electron chi connectivity index (χ1n) is 5.57. The Bertz CT molecular complexity index is 229. The van der Waals surface area contributed by atoms with Crippen LogP contribution in [0, 0.1) is 5.92 Å². The van der Waals surface area contributed by atoms with Crippen LogP contribution in [-0.2, 0) is 4.79 Å². The molecule has 0 radical (unpaired) electrons. The fraction of sp³-hybridized carbons (Fsp3) is 0.615. The molecular weight excluding hydrogens is 186 g/mol. The molecule has 0 spiro atoms. The topological polar surface area (TPSA) is 29.4 Å². The lowest BCUT2D eigenvalue weighted by Crippen LogP contribution is -2.11. The van der Waals surface area contributed by atoms with E-state index >= 15 is 0 Å². The largest absolute Gasteiger partial charge is 0.235 e. The SMILES string of the molecule is C=CCC(CCC)CC(CC=C)N=C=O. The molecule has 0 fully saturated rings. The number of hydrogen-bond donors (Lipinski definition) is 0. The van der Waals surface area contributed by atoms with E-state index in [0.717, 1.165) is 32.1 Å². The van der Waals surface area contributed by atoms with Gasteiger partial charge in [0, 0.05) is 0 Å². The van der Waals surface area contributed by atoms with Gasteiger partial charge in [0.1, 0.15) is 0 Å². The smallest absolute Gasteiger partial charge is 0.211 e. The summed E-state index contributed by atoms with van der Waals surface area (Å²) < 4.78 is 0. The summed E-state index contributed by atoms with van der Waals surface area (Å²) in [6.45, 7) is 9.59. The number of rotatable bonds is 9. The predicted molar refractivity (Wildman–Crippen MR) is 64.6 cm³/mol. The second-order valence-corrected chi connectivity index (χ2v) is 3.81. The van der Waals surface area contributed by atoms with Gasteiger partial charge in [0.2, 0.25) is 6.08 Å². The van der Waals surface area contributed by atoms with Gasteiger partial charge in [0.05, 0.1) is 6.04 Å². The molecule has 0 saturated carbocycles. The van der Waals surface area contributed by atoms with Gasteiger partial charge in [-0.3, -0.25) is 0 Å². The highest BCUT2D eigenvalue weighted by atomic mass is 16.1. The van der Waals surface area contributed by atoms with Crippen molar-refractivity contribution < 1.29 is 4.79 Å². The molecule has 2 heteroatoms. The number of aliphatic imine (C=N–C) groups is 1. The molecule has 0 aliphatic rings. The molecule has 0 aromatic rings. The molecule has 0 heterocycles. The number of hydrogen-bond acceptors (Lipinski definition) is 2. The van der Waals surface area contributed by atoms with Crippen molar-refractivity contribution >= 4 is 6.08 Å². The summed E-state index contributed by atoms with van der Waals surface area (Å²) in [5.74, 6) is 0.578. The predicted octanol–water partition coefficient (Wildman–Crippen LogP) is 3.65. The molecule has 0 aliphatic carbocycles. The molecule has 0 saturated heterocycles. The molecule has 0 aromatic carbocycles. The van der Waals surface area contributed by atoms with Crippen molar-refractivity contribution in [1.29, 1.82) is 0 Å². The molecule has 0 bridgehead atoms. The third-order valence-electron chi connectivity index (χ3n) is 2.48. The zero-order valence-corrected chi connectivity index (χ0v) is 9.61. The van der Waals surface area contributed by atoms with E-state index in [1.54, 1.807) is 6.08 Å². The lowest BCUT2D eigenvalue weighted by atomic mass is 9.91. The zero-order chi connectivity index (χ0) is 11.5. The highest BCUT2D eigenvalue weighted by Gasteiger charge is 2.13. The first kappa shape index (κ1) is 13.9. The quantitative estimate of drug-likeness (QED) is 0.322. The highest BCUT2D eigenvalue weighted by Crippen LogP contribution is 2.21. The molecule has 15 heavy (non-hydrogen) atoms. The van der Waals surface area contributed by atoms with Crippen LogP contribution in [0.15, 0.2) is 30.3 Å². The van der Waals surface area contributed by atoms with Gasteiger partial charge in [0.15, 0.2) is 0 Å². The van der Waals surface area contributed by atoms with Gasteiger partial charge in [-0.25, -0.2) is 9.79 Å². The molecule has 0 amide bonds. The Morgan fingerprint density at radius 3 is 2.47 bits per heavy atom. The summed E-state index contributed by atoms with van der Waals surface area (Å²) in [6.07, 6.45) is 10.4. The van der Waals surface area contributed by atoms with Gasteiger partial charge in [-0.05, 0) is 25.2 Å². The summed E-state index contributed by atoms with van der Waals surface area (Å²) >= 11 is 0. The first-order chi connectivity index (χ1) is 7.28. The average Bonchev–Trinajstić information content (AvgIpc) is 2.19. The van der Waals surface area contributed by atoms with Gasteiger partial charge in [0.25, 0.3) is 0 Å². The third-order valence-corrected chi connectivity index (χ3v) is 2.48. The Balaban J connectivity index is 4.22. The van der Waals surface area contributed by atoms with Crippen LogP contribution in [0.4, 0.5) is 0 Å². The van der Waals surface area contributed by atoms with Gasteiger partial charge >= 0.3 is 0 Å². The van der Waals surface area contributed by atoms with Crippen LogP contribution < -0.4 is 0 Å². The van der Waals surface area contributed by atoms with E-state index in [4.69, 9.17) is 0 Å². The van der Waals surface area contributed by atoms with Crippen LogP contribution in [0.3, 0.4) is 0 Å². The Kier molecular flexibility index (Phi) is 8.70. The minimum Gasteiger partial charge on any atom is -0.211 e. The molecule has 84 valence electrons. The molecular formula is C13H21NO. The van der Waals surface area contributed by atoms with Crippen molar-refractivity contribution in [2.75, 3.05) is 0 Å². The molecule has 2 nitrogen and oxygen atoms in total. The second-order valence-electron chi connectivity index (χ2n) is 3.81. The monoisotopic (exact) mass is 207 g/mol. The van der Waals surface area contributed by atoms with E-state index in [9.17, 15) is 4.79 Å². The molecule has 0 aliphatic heterocycles. The summed E-state index contributed by atoms with van der Waals surface area (Å²) in [6, 6.07) is 0.0523. The van der Waals surface area contributed by atoms with Crippen LogP contribution >= 0.6 is 0 Å². The Hall–Kier alpha value is -1.14. The average molecular weight is 207 g/mol. The van der Waals surface area contributed by atoms with E-state index in [1.807, 2.05) is 12.2 Å². The first-order valence-corrected chi connectivity index (χ1v) is 5.57. The minimum absolute atomic E-state index is 0.0523. The Morgan fingerprint density at radius 1 is 1.33 bits per heavy atom. The fourth-order valence-corrected chi connectivity index (χ4v) is 1.83. The minimum atomic E-state index is 0.0523. The van der Waals surface area contributed by atoms with Crippen molar-refractivity contribution in [3.05, 3.63) is 25.3 Å². The van der Waals surface area contributed by atoms with Crippen molar-refractivity contribution in [2.24, 2.45) is 10.9 Å². The number of isocyanates is 1. The van der Waals surface area contributed by atoms with E-state index in [1.165, 1.54) is 0 Å². The fourth-order valence-electron chi connectivity index (χ4n) is 1.83. The maximum absolute atomic E-state index is 10.2. The van der Waals surface area contributed by atoms with Crippen molar-refractivity contribution in [3.8, 4) is 0 Å². The molecule has 2 atom stereocenters. The lowest BCUT2D eigenvalue weighted by Gasteiger charge is -2.17. The number of allylic oxidation sites excluding steroid dienone is 1.